The fourth-order valence-corrected chi connectivity index (χ4v) is 2.03. The van der Waals surface area contributed by atoms with Crippen molar-refractivity contribution in [3.8, 4) is 6.07 Å². The number of nitrogens with zero attached hydrogens (tertiary/aromatic N) is 6. The van der Waals surface area contributed by atoms with Gasteiger partial charge in [-0.15, -0.1) is 5.10 Å². The van der Waals surface area contributed by atoms with Crippen molar-refractivity contribution in [2.45, 2.75) is 16.6 Å². The number of ether oxygens (including phenoxy) is 1. The van der Waals surface area contributed by atoms with E-state index in [0.717, 1.165) is 11.8 Å². The molecule has 2 heterocycles. The second kappa shape index (κ2) is 5.92. The van der Waals surface area contributed by atoms with Crippen LogP contribution in [0.2, 0.25) is 0 Å². The van der Waals surface area contributed by atoms with E-state index in [1.807, 2.05) is 6.07 Å². The maximum Gasteiger partial charge on any atom is 0.327 e. The van der Waals surface area contributed by atoms with Gasteiger partial charge in [-0.3, -0.25) is 4.79 Å². The molecule has 0 aliphatic rings. The average Bonchev–Trinajstić information content (AvgIpc) is 2.86. The average molecular weight is 276 g/mol. The van der Waals surface area contributed by atoms with Crippen molar-refractivity contribution in [1.29, 1.82) is 5.26 Å². The number of hydrogen-bond acceptors (Lipinski definition) is 8. The van der Waals surface area contributed by atoms with Gasteiger partial charge in [-0.05, 0) is 34.3 Å². The Morgan fingerprint density at radius 1 is 1.63 bits per heavy atom. The Morgan fingerprint density at radius 2 is 2.47 bits per heavy atom. The molecular weight excluding hydrogens is 268 g/mol. The van der Waals surface area contributed by atoms with Crippen LogP contribution in [0, 0.1) is 11.3 Å². The highest BCUT2D eigenvalue weighted by molar-refractivity contribution is 7.99. The zero-order valence-corrected chi connectivity index (χ0v) is 10.7. The van der Waals surface area contributed by atoms with Crippen LogP contribution in [-0.4, -0.2) is 38.3 Å². The van der Waals surface area contributed by atoms with E-state index in [1.54, 1.807) is 12.1 Å². The summed E-state index contributed by atoms with van der Waals surface area (Å²) in [6.07, 6.45) is 1.53. The largest absolute Gasteiger partial charge is 0.468 e. The lowest BCUT2D eigenvalue weighted by atomic mass is 10.4. The first-order chi connectivity index (χ1) is 9.24. The van der Waals surface area contributed by atoms with Gasteiger partial charge in [-0.25, -0.2) is 9.67 Å². The number of tetrazole rings is 1. The molecule has 0 radical (unpaired) electrons. The van der Waals surface area contributed by atoms with Crippen LogP contribution >= 0.6 is 11.8 Å². The Labute approximate surface area is 112 Å². The second-order valence-corrected chi connectivity index (χ2v) is 4.27. The SMILES string of the molecule is COC(=O)Cn1nnnc1Sc1cccnc1C#N. The summed E-state index contributed by atoms with van der Waals surface area (Å²) in [7, 11) is 1.29. The minimum absolute atomic E-state index is 0.0893. The molecule has 0 aliphatic carbocycles. The van der Waals surface area contributed by atoms with Gasteiger partial charge in [0.2, 0.25) is 5.16 Å². The van der Waals surface area contributed by atoms with E-state index >= 15 is 0 Å². The third kappa shape index (κ3) is 3.05. The number of pyridine rings is 1. The molecule has 8 nitrogen and oxygen atoms in total. The molecule has 0 aliphatic heterocycles. The van der Waals surface area contributed by atoms with Crippen molar-refractivity contribution in [3.63, 3.8) is 0 Å². The van der Waals surface area contributed by atoms with Crippen LogP contribution in [0.5, 0.6) is 0 Å². The second-order valence-electron chi connectivity index (χ2n) is 3.26. The zero-order valence-electron chi connectivity index (χ0n) is 9.85. The Balaban J connectivity index is 2.22. The summed E-state index contributed by atoms with van der Waals surface area (Å²) in [4.78, 5) is 15.7. The molecule has 19 heavy (non-hydrogen) atoms. The lowest BCUT2D eigenvalue weighted by Gasteiger charge is -2.03. The minimum atomic E-state index is -0.458. The van der Waals surface area contributed by atoms with Crippen molar-refractivity contribution in [3.05, 3.63) is 24.0 Å². The minimum Gasteiger partial charge on any atom is -0.468 e. The molecule has 96 valence electrons. The number of carbonyl (C=O) groups is 1. The number of rotatable bonds is 4. The monoisotopic (exact) mass is 276 g/mol. The Morgan fingerprint density at radius 3 is 3.21 bits per heavy atom. The molecule has 0 aromatic carbocycles. The van der Waals surface area contributed by atoms with Crippen molar-refractivity contribution < 1.29 is 9.53 Å². The summed E-state index contributed by atoms with van der Waals surface area (Å²) in [5.74, 6) is -0.458. The molecule has 0 saturated heterocycles. The van der Waals surface area contributed by atoms with Crippen molar-refractivity contribution >= 4 is 17.7 Å². The van der Waals surface area contributed by atoms with Gasteiger partial charge >= 0.3 is 5.97 Å². The Hall–Kier alpha value is -2.47. The van der Waals surface area contributed by atoms with Crippen molar-refractivity contribution in [1.82, 2.24) is 25.2 Å². The molecule has 0 fully saturated rings. The smallest absolute Gasteiger partial charge is 0.327 e. The lowest BCUT2D eigenvalue weighted by molar-refractivity contribution is -0.141. The molecule has 0 amide bonds. The summed E-state index contributed by atoms with van der Waals surface area (Å²) >= 11 is 1.16. The molecule has 0 atom stereocenters. The first kappa shape index (κ1) is 13.0. The number of esters is 1. The fourth-order valence-electron chi connectivity index (χ4n) is 1.21. The van der Waals surface area contributed by atoms with E-state index in [2.05, 4.69) is 25.2 Å². The number of hydrogen-bond donors (Lipinski definition) is 0. The van der Waals surface area contributed by atoms with E-state index < -0.39 is 5.97 Å². The van der Waals surface area contributed by atoms with Crippen molar-refractivity contribution in [2.24, 2.45) is 0 Å². The molecule has 2 aromatic rings. The first-order valence-corrected chi connectivity index (χ1v) is 5.92. The van der Waals surface area contributed by atoms with E-state index in [1.165, 1.54) is 18.0 Å². The maximum absolute atomic E-state index is 11.2. The van der Waals surface area contributed by atoms with Gasteiger partial charge < -0.3 is 4.74 Å². The van der Waals surface area contributed by atoms with Crippen LogP contribution in [0.25, 0.3) is 0 Å². The van der Waals surface area contributed by atoms with Crippen LogP contribution in [0.3, 0.4) is 0 Å². The third-order valence-electron chi connectivity index (χ3n) is 2.08. The predicted octanol–water partition coefficient (Wildman–Crippen LogP) is 0.264. The van der Waals surface area contributed by atoms with Gasteiger partial charge in [-0.2, -0.15) is 5.26 Å². The van der Waals surface area contributed by atoms with Crippen molar-refractivity contribution in [2.75, 3.05) is 7.11 Å². The highest BCUT2D eigenvalue weighted by Crippen LogP contribution is 2.26. The van der Waals surface area contributed by atoms with Crippen LogP contribution in [0.15, 0.2) is 28.4 Å². The Kier molecular flexibility index (Phi) is 4.04. The zero-order chi connectivity index (χ0) is 13.7. The maximum atomic E-state index is 11.2. The summed E-state index contributed by atoms with van der Waals surface area (Å²) in [5.41, 5.74) is 0.278. The standard InChI is InChI=1S/C10H8N6O2S/c1-18-9(17)6-16-10(13-14-15-16)19-8-3-2-4-12-7(8)5-11/h2-4H,6H2,1H3. The molecule has 2 aromatic heterocycles. The molecule has 9 heteroatoms. The van der Waals surface area contributed by atoms with Gasteiger partial charge in [0.15, 0.2) is 5.69 Å². The molecule has 0 unspecified atom stereocenters. The number of aromatic nitrogens is 5. The summed E-state index contributed by atoms with van der Waals surface area (Å²) in [6.45, 7) is -0.0893. The van der Waals surface area contributed by atoms with E-state index in [9.17, 15) is 4.79 Å². The number of methoxy groups -OCH3 is 1. The predicted molar refractivity (Wildman–Crippen MR) is 62.9 cm³/mol. The molecule has 2 rings (SSSR count). The van der Waals surface area contributed by atoms with Gasteiger partial charge in [0.1, 0.15) is 12.6 Å². The topological polar surface area (TPSA) is 107 Å². The van der Waals surface area contributed by atoms with Crippen LogP contribution in [0.1, 0.15) is 5.69 Å². The highest BCUT2D eigenvalue weighted by atomic mass is 32.2. The van der Waals surface area contributed by atoms with Crippen LogP contribution in [-0.2, 0) is 16.1 Å². The van der Waals surface area contributed by atoms with E-state index in [-0.39, 0.29) is 12.2 Å². The highest BCUT2D eigenvalue weighted by Gasteiger charge is 2.14. The molecule has 0 spiro atoms. The van der Waals surface area contributed by atoms with E-state index in [4.69, 9.17) is 5.26 Å². The normalized spacial score (nSPS) is 9.89. The summed E-state index contributed by atoms with van der Waals surface area (Å²) in [5, 5.41) is 20.3. The van der Waals surface area contributed by atoms with Crippen LogP contribution < -0.4 is 0 Å². The van der Waals surface area contributed by atoms with Gasteiger partial charge in [0.25, 0.3) is 0 Å². The number of nitriles is 1. The molecule has 0 N–H and O–H groups in total. The number of carbonyl (C=O) groups excluding carboxylic acids is 1. The lowest BCUT2D eigenvalue weighted by Crippen LogP contribution is -2.13. The van der Waals surface area contributed by atoms with Crippen LogP contribution in [0.4, 0.5) is 0 Å². The molecular formula is C10H8N6O2S. The van der Waals surface area contributed by atoms with Gasteiger partial charge in [0.05, 0.1) is 12.0 Å². The molecule has 0 saturated carbocycles. The fraction of sp³-hybridized carbons (Fsp3) is 0.200. The van der Waals surface area contributed by atoms with E-state index in [0.29, 0.717) is 10.1 Å². The van der Waals surface area contributed by atoms with Gasteiger partial charge in [0, 0.05) is 6.20 Å². The first-order valence-electron chi connectivity index (χ1n) is 5.10. The quantitative estimate of drug-likeness (QED) is 0.732. The Bertz CT molecular complexity index is 635. The van der Waals surface area contributed by atoms with Gasteiger partial charge in [-0.1, -0.05) is 0 Å². The molecule has 0 bridgehead atoms. The summed E-state index contributed by atoms with van der Waals surface area (Å²) in [6, 6.07) is 5.41. The summed E-state index contributed by atoms with van der Waals surface area (Å²) < 4.78 is 5.84. The third-order valence-corrected chi connectivity index (χ3v) is 3.11.